The third-order valence-electron chi connectivity index (χ3n) is 5.48. The van der Waals surface area contributed by atoms with E-state index in [0.717, 1.165) is 25.7 Å². The van der Waals surface area contributed by atoms with Crippen LogP contribution in [0.1, 0.15) is 87.5 Å². The monoisotopic (exact) mass is 364 g/mol. The summed E-state index contributed by atoms with van der Waals surface area (Å²) in [4.78, 5) is 23.9. The molecule has 3 heteroatoms. The van der Waals surface area contributed by atoms with Gasteiger partial charge in [0.15, 0.2) is 0 Å². The molecular weight excluding hydrogens is 324 g/mol. The second-order valence-electron chi connectivity index (χ2n) is 10.0. The molecule has 0 aromatic heterocycles. The number of ether oxygens (including phenoxy) is 1. The molecule has 0 fully saturated rings. The number of carbonyl (C=O) groups is 2. The van der Waals surface area contributed by atoms with Gasteiger partial charge in [-0.15, -0.1) is 0 Å². The first-order valence-electron chi connectivity index (χ1n) is 10.4. The van der Waals surface area contributed by atoms with Crippen molar-refractivity contribution >= 4 is 11.9 Å². The third kappa shape index (κ3) is 7.25. The predicted molar refractivity (Wildman–Crippen MR) is 108 cm³/mol. The lowest BCUT2D eigenvalue weighted by molar-refractivity contribution is -0.151. The van der Waals surface area contributed by atoms with Crippen LogP contribution in [0.3, 0.4) is 0 Å². The molecule has 4 atom stereocenters. The zero-order chi connectivity index (χ0) is 20.1. The SMILES string of the molecule is CC(C)CC(C)CC(C)CC(C)(CC(C)CC(C)C)C1=CC(=O)OC1=O. The van der Waals surface area contributed by atoms with Gasteiger partial charge in [-0.1, -0.05) is 55.4 Å². The van der Waals surface area contributed by atoms with Crippen molar-refractivity contribution in [1.82, 2.24) is 0 Å². The number of cyclic esters (lactones) is 2. The topological polar surface area (TPSA) is 43.4 Å². The Morgan fingerprint density at radius 3 is 1.69 bits per heavy atom. The van der Waals surface area contributed by atoms with E-state index in [-0.39, 0.29) is 5.41 Å². The summed E-state index contributed by atoms with van der Waals surface area (Å²) in [5.74, 6) is 2.08. The Balaban J connectivity index is 2.92. The molecule has 0 amide bonds. The smallest absolute Gasteiger partial charge is 0.342 e. The second-order valence-corrected chi connectivity index (χ2v) is 10.0. The molecule has 0 saturated heterocycles. The summed E-state index contributed by atoms with van der Waals surface area (Å²) in [7, 11) is 0. The zero-order valence-corrected chi connectivity index (χ0v) is 18.2. The third-order valence-corrected chi connectivity index (χ3v) is 5.48. The van der Waals surface area contributed by atoms with Crippen LogP contribution in [-0.2, 0) is 14.3 Å². The minimum Gasteiger partial charge on any atom is -0.386 e. The van der Waals surface area contributed by atoms with Gasteiger partial charge in [0, 0.05) is 11.5 Å². The van der Waals surface area contributed by atoms with Crippen LogP contribution in [0.2, 0.25) is 0 Å². The summed E-state index contributed by atoms with van der Waals surface area (Å²) in [6, 6.07) is 0. The molecule has 3 nitrogen and oxygen atoms in total. The van der Waals surface area contributed by atoms with Gasteiger partial charge < -0.3 is 4.74 Å². The Morgan fingerprint density at radius 1 is 0.808 bits per heavy atom. The molecule has 4 unspecified atom stereocenters. The number of rotatable bonds is 11. The van der Waals surface area contributed by atoms with Crippen molar-refractivity contribution in [3.05, 3.63) is 11.6 Å². The average molecular weight is 365 g/mol. The van der Waals surface area contributed by atoms with Crippen molar-refractivity contribution in [3.8, 4) is 0 Å². The molecule has 0 spiro atoms. The quantitative estimate of drug-likeness (QED) is 0.325. The predicted octanol–water partition coefficient (Wildman–Crippen LogP) is 6.17. The Morgan fingerprint density at radius 2 is 1.27 bits per heavy atom. The molecular formula is C23H40O3. The van der Waals surface area contributed by atoms with E-state index >= 15 is 0 Å². The fourth-order valence-corrected chi connectivity index (χ4v) is 5.17. The molecule has 1 aliphatic heterocycles. The summed E-state index contributed by atoms with van der Waals surface area (Å²) in [6.45, 7) is 18.0. The first-order valence-corrected chi connectivity index (χ1v) is 10.4. The van der Waals surface area contributed by atoms with E-state index in [4.69, 9.17) is 4.74 Å². The summed E-state index contributed by atoms with van der Waals surface area (Å²) in [5, 5.41) is 0. The van der Waals surface area contributed by atoms with Gasteiger partial charge in [-0.3, -0.25) is 0 Å². The van der Waals surface area contributed by atoms with Crippen LogP contribution in [0, 0.1) is 35.0 Å². The van der Waals surface area contributed by atoms with E-state index in [0.29, 0.717) is 35.2 Å². The van der Waals surface area contributed by atoms with Crippen LogP contribution in [-0.4, -0.2) is 11.9 Å². The van der Waals surface area contributed by atoms with Crippen molar-refractivity contribution in [1.29, 1.82) is 0 Å². The van der Waals surface area contributed by atoms with Crippen molar-refractivity contribution < 1.29 is 14.3 Å². The van der Waals surface area contributed by atoms with Gasteiger partial charge >= 0.3 is 11.9 Å². The van der Waals surface area contributed by atoms with Gasteiger partial charge in [-0.2, -0.15) is 0 Å². The first-order chi connectivity index (χ1) is 11.9. The molecule has 0 bridgehead atoms. The standard InChI is InChI=1S/C23H40O3/c1-15(2)9-17(5)11-19(7)14-23(8,13-18(6)10-16(3)4)20-12-21(24)26-22(20)25/h12,15-19H,9-11,13-14H2,1-8H3. The van der Waals surface area contributed by atoms with Crippen LogP contribution in [0.25, 0.3) is 0 Å². The van der Waals surface area contributed by atoms with Crippen molar-refractivity contribution in [2.45, 2.75) is 87.5 Å². The maximum absolute atomic E-state index is 12.3. The van der Waals surface area contributed by atoms with Crippen LogP contribution in [0.5, 0.6) is 0 Å². The van der Waals surface area contributed by atoms with E-state index in [1.165, 1.54) is 12.5 Å². The summed E-state index contributed by atoms with van der Waals surface area (Å²) in [5.41, 5.74) is 0.288. The maximum atomic E-state index is 12.3. The summed E-state index contributed by atoms with van der Waals surface area (Å²) >= 11 is 0. The van der Waals surface area contributed by atoms with Gasteiger partial charge in [0.05, 0.1) is 5.57 Å². The molecule has 0 radical (unpaired) electrons. The van der Waals surface area contributed by atoms with E-state index in [2.05, 4.69) is 55.4 Å². The van der Waals surface area contributed by atoms with Gasteiger partial charge in [0.25, 0.3) is 0 Å². The lowest BCUT2D eigenvalue weighted by Crippen LogP contribution is -2.29. The molecule has 1 heterocycles. The molecule has 150 valence electrons. The van der Waals surface area contributed by atoms with Gasteiger partial charge in [-0.25, -0.2) is 9.59 Å². The highest BCUT2D eigenvalue weighted by atomic mass is 16.6. The average Bonchev–Trinajstić information content (AvgIpc) is 2.75. The Bertz CT molecular complexity index is 518. The molecule has 1 rings (SSSR count). The van der Waals surface area contributed by atoms with Crippen LogP contribution in [0.15, 0.2) is 11.6 Å². The fourth-order valence-electron chi connectivity index (χ4n) is 5.17. The lowest BCUT2D eigenvalue weighted by atomic mass is 9.68. The Kier molecular flexibility index (Phi) is 8.56. The highest BCUT2D eigenvalue weighted by molar-refractivity contribution is 6.09. The van der Waals surface area contributed by atoms with Crippen LogP contribution in [0.4, 0.5) is 0 Å². The molecule has 1 aliphatic rings. The van der Waals surface area contributed by atoms with E-state index in [1.807, 2.05) is 0 Å². The van der Waals surface area contributed by atoms with Crippen molar-refractivity contribution in [3.63, 3.8) is 0 Å². The van der Waals surface area contributed by atoms with Crippen molar-refractivity contribution in [2.24, 2.45) is 35.0 Å². The van der Waals surface area contributed by atoms with E-state index in [1.54, 1.807) is 0 Å². The molecule has 0 N–H and O–H groups in total. The minimum atomic E-state index is -0.506. The molecule has 0 aliphatic carbocycles. The highest BCUT2D eigenvalue weighted by Gasteiger charge is 2.41. The number of hydrogen-bond donors (Lipinski definition) is 0. The van der Waals surface area contributed by atoms with Crippen molar-refractivity contribution in [2.75, 3.05) is 0 Å². The second kappa shape index (κ2) is 9.71. The van der Waals surface area contributed by atoms with Crippen LogP contribution >= 0.6 is 0 Å². The normalized spacial score (nSPS) is 20.8. The number of carbonyl (C=O) groups excluding carboxylic acids is 2. The van der Waals surface area contributed by atoms with Gasteiger partial charge in [-0.05, 0) is 61.7 Å². The fraction of sp³-hybridized carbons (Fsp3) is 0.826. The Hall–Kier alpha value is -1.12. The highest BCUT2D eigenvalue weighted by Crippen LogP contribution is 2.44. The molecule has 0 aromatic carbocycles. The maximum Gasteiger partial charge on any atom is 0.342 e. The lowest BCUT2D eigenvalue weighted by Gasteiger charge is -2.35. The molecule has 0 aromatic rings. The van der Waals surface area contributed by atoms with Gasteiger partial charge in [0.1, 0.15) is 0 Å². The first kappa shape index (κ1) is 22.9. The minimum absolute atomic E-state index is 0.297. The van der Waals surface area contributed by atoms with E-state index < -0.39 is 11.9 Å². The molecule has 26 heavy (non-hydrogen) atoms. The summed E-state index contributed by atoms with van der Waals surface area (Å²) < 4.78 is 4.83. The number of hydrogen-bond acceptors (Lipinski definition) is 3. The molecule has 0 saturated carbocycles. The zero-order valence-electron chi connectivity index (χ0n) is 18.2. The van der Waals surface area contributed by atoms with Gasteiger partial charge in [0.2, 0.25) is 0 Å². The van der Waals surface area contributed by atoms with Crippen LogP contribution < -0.4 is 0 Å². The van der Waals surface area contributed by atoms with E-state index in [9.17, 15) is 9.59 Å². The summed E-state index contributed by atoms with van der Waals surface area (Å²) in [6.07, 6.45) is 6.80. The largest absolute Gasteiger partial charge is 0.386 e. The number of esters is 2. The Labute approximate surface area is 161 Å².